The Bertz CT molecular complexity index is 1220. The molecule has 0 saturated carbocycles. The molecule has 3 aromatic rings. The van der Waals surface area contributed by atoms with Crippen molar-refractivity contribution in [1.82, 2.24) is 24.8 Å². The first kappa shape index (κ1) is 22.0. The molecule has 1 N–H and O–H groups in total. The van der Waals surface area contributed by atoms with Crippen LogP contribution in [0.4, 0.5) is 10.1 Å². The zero-order chi connectivity index (χ0) is 22.9. The Hall–Kier alpha value is -2.82. The van der Waals surface area contributed by atoms with Gasteiger partial charge in [-0.05, 0) is 42.5 Å². The van der Waals surface area contributed by atoms with E-state index in [0.717, 1.165) is 36.2 Å². The first-order valence-electron chi connectivity index (χ1n) is 11.0. The standard InChI is InChI=1S/C22H24ClFN6O3/c23-21-19(10-25-30(22(21)32)20-3-1-2-8-33-20)28-7-6-18-17(12-28)26-27-29(18)11-14-4-5-16(24)9-15(14)13-31/h4-5,9-10,20,31H,1-3,6-8,11-13H2. The van der Waals surface area contributed by atoms with E-state index in [4.69, 9.17) is 16.3 Å². The van der Waals surface area contributed by atoms with Crippen molar-refractivity contribution in [2.24, 2.45) is 0 Å². The summed E-state index contributed by atoms with van der Waals surface area (Å²) in [4.78, 5) is 14.8. The monoisotopic (exact) mass is 474 g/mol. The lowest BCUT2D eigenvalue weighted by Crippen LogP contribution is -2.36. The third-order valence-corrected chi connectivity index (χ3v) is 6.59. The van der Waals surface area contributed by atoms with E-state index < -0.39 is 0 Å². The number of hydrogen-bond acceptors (Lipinski definition) is 7. The summed E-state index contributed by atoms with van der Waals surface area (Å²) in [5.41, 5.74) is 3.27. The van der Waals surface area contributed by atoms with Crippen molar-refractivity contribution >= 4 is 17.3 Å². The summed E-state index contributed by atoms with van der Waals surface area (Å²) < 4.78 is 22.3. The molecule has 0 spiro atoms. The third kappa shape index (κ3) is 4.25. The van der Waals surface area contributed by atoms with Crippen LogP contribution in [-0.2, 0) is 30.9 Å². The normalized spacial score (nSPS) is 18.4. The van der Waals surface area contributed by atoms with Crippen LogP contribution in [-0.4, -0.2) is 43.0 Å². The number of halogens is 2. The molecular formula is C22H24ClFN6O3. The van der Waals surface area contributed by atoms with Crippen molar-refractivity contribution in [3.8, 4) is 0 Å². The van der Waals surface area contributed by atoms with Crippen LogP contribution in [0.1, 0.15) is 48.0 Å². The van der Waals surface area contributed by atoms with Crippen LogP contribution in [0, 0.1) is 5.82 Å². The minimum Gasteiger partial charge on any atom is -0.392 e. The Labute approximate surface area is 194 Å². The molecule has 9 nitrogen and oxygen atoms in total. The topological polar surface area (TPSA) is 98.3 Å². The number of fused-ring (bicyclic) bond motifs is 1. The van der Waals surface area contributed by atoms with Gasteiger partial charge in [0.05, 0.1) is 37.3 Å². The Balaban J connectivity index is 1.36. The first-order chi connectivity index (χ1) is 16.0. The molecule has 0 radical (unpaired) electrons. The molecule has 2 aromatic heterocycles. The lowest BCUT2D eigenvalue weighted by Gasteiger charge is -2.29. The molecule has 0 bridgehead atoms. The van der Waals surface area contributed by atoms with Crippen molar-refractivity contribution in [3.63, 3.8) is 0 Å². The molecule has 1 atom stereocenters. The summed E-state index contributed by atoms with van der Waals surface area (Å²) in [6.45, 7) is 1.80. The maximum atomic E-state index is 13.5. The highest BCUT2D eigenvalue weighted by Crippen LogP contribution is 2.29. The number of benzene rings is 1. The van der Waals surface area contributed by atoms with Crippen LogP contribution in [0.5, 0.6) is 0 Å². The molecular weight excluding hydrogens is 451 g/mol. The van der Waals surface area contributed by atoms with Gasteiger partial charge in [0, 0.05) is 19.6 Å². The molecule has 5 rings (SSSR count). The zero-order valence-corrected chi connectivity index (χ0v) is 18.7. The quantitative estimate of drug-likeness (QED) is 0.606. The zero-order valence-electron chi connectivity index (χ0n) is 18.0. The number of anilines is 1. The molecule has 4 heterocycles. The van der Waals surface area contributed by atoms with Gasteiger partial charge in [0.2, 0.25) is 0 Å². The van der Waals surface area contributed by atoms with E-state index >= 15 is 0 Å². The summed E-state index contributed by atoms with van der Waals surface area (Å²) in [6, 6.07) is 4.35. The first-order valence-corrected chi connectivity index (χ1v) is 11.4. The fraction of sp³-hybridized carbons (Fsp3) is 0.455. The second-order valence-electron chi connectivity index (χ2n) is 8.30. The van der Waals surface area contributed by atoms with Gasteiger partial charge in [0.15, 0.2) is 6.23 Å². The largest absolute Gasteiger partial charge is 0.392 e. The Kier molecular flexibility index (Phi) is 6.13. The Morgan fingerprint density at radius 1 is 1.27 bits per heavy atom. The van der Waals surface area contributed by atoms with E-state index in [0.29, 0.717) is 43.9 Å². The predicted octanol–water partition coefficient (Wildman–Crippen LogP) is 2.43. The molecule has 0 aliphatic carbocycles. The van der Waals surface area contributed by atoms with Crippen molar-refractivity contribution < 1.29 is 14.2 Å². The molecule has 0 amide bonds. The average molecular weight is 475 g/mol. The number of aliphatic hydroxyl groups excluding tert-OH is 1. The number of rotatable bonds is 5. The maximum Gasteiger partial charge on any atom is 0.290 e. The highest BCUT2D eigenvalue weighted by atomic mass is 35.5. The molecule has 174 valence electrons. The van der Waals surface area contributed by atoms with E-state index in [9.17, 15) is 14.3 Å². The maximum absolute atomic E-state index is 13.5. The fourth-order valence-electron chi connectivity index (χ4n) is 4.43. The van der Waals surface area contributed by atoms with Gasteiger partial charge in [-0.2, -0.15) is 9.78 Å². The van der Waals surface area contributed by atoms with E-state index in [1.807, 2.05) is 4.90 Å². The molecule has 2 aliphatic heterocycles. The van der Waals surface area contributed by atoms with Crippen LogP contribution in [0.3, 0.4) is 0 Å². The van der Waals surface area contributed by atoms with Crippen LogP contribution in [0.2, 0.25) is 5.02 Å². The number of hydrogen-bond donors (Lipinski definition) is 1. The van der Waals surface area contributed by atoms with Gasteiger partial charge in [0.25, 0.3) is 5.56 Å². The smallest absolute Gasteiger partial charge is 0.290 e. The summed E-state index contributed by atoms with van der Waals surface area (Å²) in [5, 5.41) is 22.6. The van der Waals surface area contributed by atoms with Gasteiger partial charge >= 0.3 is 0 Å². The molecule has 1 fully saturated rings. The SMILES string of the molecule is O=c1c(Cl)c(N2CCc3c(nnn3Cc3ccc(F)cc3CO)C2)cnn1C1CCCCO1. The van der Waals surface area contributed by atoms with Crippen LogP contribution >= 0.6 is 11.6 Å². The van der Waals surface area contributed by atoms with E-state index in [1.165, 1.54) is 16.8 Å². The van der Waals surface area contributed by atoms with Gasteiger partial charge < -0.3 is 14.7 Å². The molecule has 33 heavy (non-hydrogen) atoms. The van der Waals surface area contributed by atoms with Crippen LogP contribution in [0.25, 0.3) is 0 Å². The minimum absolute atomic E-state index is 0.119. The summed E-state index contributed by atoms with van der Waals surface area (Å²) in [5.74, 6) is -0.387. The van der Waals surface area contributed by atoms with Gasteiger partial charge in [0.1, 0.15) is 16.5 Å². The average Bonchev–Trinajstić information content (AvgIpc) is 3.24. The fourth-order valence-corrected chi connectivity index (χ4v) is 4.69. The van der Waals surface area contributed by atoms with Crippen molar-refractivity contribution in [1.29, 1.82) is 0 Å². The molecule has 2 aliphatic rings. The molecule has 1 saturated heterocycles. The van der Waals surface area contributed by atoms with Crippen molar-refractivity contribution in [3.05, 3.63) is 68.1 Å². The third-order valence-electron chi connectivity index (χ3n) is 6.23. The number of nitrogens with zero attached hydrogens (tertiary/aromatic N) is 6. The summed E-state index contributed by atoms with van der Waals surface area (Å²) in [7, 11) is 0. The molecule has 1 unspecified atom stereocenters. The van der Waals surface area contributed by atoms with Crippen LogP contribution in [0.15, 0.2) is 29.2 Å². The second kappa shape index (κ2) is 9.20. The highest BCUT2D eigenvalue weighted by Gasteiger charge is 2.27. The van der Waals surface area contributed by atoms with E-state index in [-0.39, 0.29) is 29.2 Å². The van der Waals surface area contributed by atoms with Gasteiger partial charge in [-0.25, -0.2) is 9.07 Å². The number of aromatic nitrogens is 5. The molecule has 1 aromatic carbocycles. The van der Waals surface area contributed by atoms with Crippen molar-refractivity contribution in [2.45, 2.75) is 51.6 Å². The van der Waals surface area contributed by atoms with Gasteiger partial charge in [-0.1, -0.05) is 22.9 Å². The van der Waals surface area contributed by atoms with Crippen molar-refractivity contribution in [2.75, 3.05) is 18.1 Å². The predicted molar refractivity (Wildman–Crippen MR) is 119 cm³/mol. The lowest BCUT2D eigenvalue weighted by molar-refractivity contribution is -0.0424. The van der Waals surface area contributed by atoms with Gasteiger partial charge in [-0.15, -0.1) is 5.10 Å². The minimum atomic E-state index is -0.387. The molecule has 11 heteroatoms. The van der Waals surface area contributed by atoms with E-state index in [2.05, 4.69) is 15.4 Å². The number of aliphatic hydroxyl groups is 1. The summed E-state index contributed by atoms with van der Waals surface area (Å²) >= 11 is 6.47. The lowest BCUT2D eigenvalue weighted by atomic mass is 10.1. The second-order valence-corrected chi connectivity index (χ2v) is 8.68. The van der Waals surface area contributed by atoms with Crippen LogP contribution < -0.4 is 10.5 Å². The van der Waals surface area contributed by atoms with Gasteiger partial charge in [-0.3, -0.25) is 4.79 Å². The summed E-state index contributed by atoms with van der Waals surface area (Å²) in [6.07, 6.45) is 4.59. The Morgan fingerprint density at radius 3 is 2.94 bits per heavy atom. The Morgan fingerprint density at radius 2 is 2.15 bits per heavy atom. The highest BCUT2D eigenvalue weighted by molar-refractivity contribution is 6.33. The van der Waals surface area contributed by atoms with E-state index in [1.54, 1.807) is 16.9 Å². The number of ether oxygens (including phenoxy) is 1.